The Labute approximate surface area is 116 Å². The van der Waals surface area contributed by atoms with Crippen molar-refractivity contribution in [2.24, 2.45) is 0 Å². The summed E-state index contributed by atoms with van der Waals surface area (Å²) in [5, 5.41) is 0.774. The van der Waals surface area contributed by atoms with Gasteiger partial charge in [0.2, 0.25) is 0 Å². The van der Waals surface area contributed by atoms with Crippen molar-refractivity contribution >= 4 is 95.6 Å². The van der Waals surface area contributed by atoms with Crippen LogP contribution in [0.5, 0.6) is 0 Å². The van der Waals surface area contributed by atoms with E-state index in [9.17, 15) is 0 Å². The number of rotatable bonds is 2. The molecular formula is C5H2Br6. The van der Waals surface area contributed by atoms with Crippen molar-refractivity contribution in [1.29, 1.82) is 0 Å². The summed E-state index contributed by atoms with van der Waals surface area (Å²) < 4.78 is 3.82. The molecule has 0 aliphatic carbocycles. The number of alkyl halides is 1. The van der Waals surface area contributed by atoms with Crippen LogP contribution in [0.15, 0.2) is 16.8 Å². The zero-order valence-corrected chi connectivity index (χ0v) is 14.5. The summed E-state index contributed by atoms with van der Waals surface area (Å²) in [5.74, 6) is 0. The number of halogens is 6. The monoisotopic (exact) mass is 536 g/mol. The van der Waals surface area contributed by atoms with Crippen molar-refractivity contribution in [2.75, 3.05) is 5.33 Å². The van der Waals surface area contributed by atoms with Crippen LogP contribution in [0.4, 0.5) is 0 Å². The van der Waals surface area contributed by atoms with E-state index in [4.69, 9.17) is 0 Å². The molecule has 0 heterocycles. The number of hydrogen-bond acceptors (Lipinski definition) is 0. The highest BCUT2D eigenvalue weighted by Crippen LogP contribution is 2.36. The molecule has 0 aliphatic rings. The van der Waals surface area contributed by atoms with Crippen molar-refractivity contribution in [1.82, 2.24) is 0 Å². The highest BCUT2D eigenvalue weighted by atomic mass is 79.9. The lowest BCUT2D eigenvalue weighted by atomic mass is 10.5. The molecule has 0 atom stereocenters. The second-order valence-electron chi connectivity index (χ2n) is 1.43. The van der Waals surface area contributed by atoms with Gasteiger partial charge in [-0.2, -0.15) is 0 Å². The molecule has 0 aromatic heterocycles. The molecule has 0 rings (SSSR count). The van der Waals surface area contributed by atoms with Gasteiger partial charge in [0.1, 0.15) is 0 Å². The molecule has 0 aromatic carbocycles. The SMILES string of the molecule is BrC/C(Br)=C(\Br)C(Br)=C(Br)Br. The first kappa shape index (κ1) is 13.4. The van der Waals surface area contributed by atoms with Crippen LogP contribution >= 0.6 is 95.6 Å². The van der Waals surface area contributed by atoms with Crippen molar-refractivity contribution < 1.29 is 0 Å². The summed E-state index contributed by atoms with van der Waals surface area (Å²) in [6, 6.07) is 0. The van der Waals surface area contributed by atoms with Gasteiger partial charge in [-0.1, -0.05) is 31.9 Å². The van der Waals surface area contributed by atoms with Crippen LogP contribution in [0.2, 0.25) is 0 Å². The number of hydrogen-bond donors (Lipinski definition) is 0. The standard InChI is InChI=1S/C5H2Br6/c6-1-2(7)3(8)4(9)5(10)11/h1H2/b3-2+. The lowest BCUT2D eigenvalue weighted by molar-refractivity contribution is 1.71. The molecule has 0 unspecified atom stereocenters. The molecule has 0 spiro atoms. The molecule has 0 N–H and O–H groups in total. The Kier molecular flexibility index (Phi) is 8.21. The largest absolute Gasteiger partial charge is 0.0870 e. The van der Waals surface area contributed by atoms with Crippen LogP contribution in [0.1, 0.15) is 0 Å². The van der Waals surface area contributed by atoms with Gasteiger partial charge in [-0.3, -0.25) is 0 Å². The zero-order chi connectivity index (χ0) is 9.02. The van der Waals surface area contributed by atoms with Crippen LogP contribution < -0.4 is 0 Å². The van der Waals surface area contributed by atoms with E-state index in [0.29, 0.717) is 0 Å². The first-order valence-electron chi connectivity index (χ1n) is 2.32. The maximum absolute atomic E-state index is 3.41. The summed E-state index contributed by atoms with van der Waals surface area (Å²) in [6.45, 7) is 0. The predicted octanol–water partition coefficient (Wildman–Crippen LogP) is 5.74. The molecule has 11 heavy (non-hydrogen) atoms. The van der Waals surface area contributed by atoms with Gasteiger partial charge >= 0.3 is 0 Å². The topological polar surface area (TPSA) is 0 Å². The lowest BCUT2D eigenvalue weighted by Gasteiger charge is -2.00. The molecule has 0 saturated heterocycles. The summed E-state index contributed by atoms with van der Waals surface area (Å²) in [6.07, 6.45) is 0. The molecule has 0 fully saturated rings. The van der Waals surface area contributed by atoms with E-state index < -0.39 is 0 Å². The highest BCUT2D eigenvalue weighted by Gasteiger charge is 2.05. The summed E-state index contributed by atoms with van der Waals surface area (Å²) in [5.41, 5.74) is 0. The van der Waals surface area contributed by atoms with E-state index >= 15 is 0 Å². The summed E-state index contributed by atoms with van der Waals surface area (Å²) in [7, 11) is 0. The predicted molar refractivity (Wildman–Crippen MR) is 72.5 cm³/mol. The molecule has 0 radical (unpaired) electrons. The maximum Gasteiger partial charge on any atom is 0.0757 e. The third kappa shape index (κ3) is 4.96. The van der Waals surface area contributed by atoms with E-state index in [1.807, 2.05) is 0 Å². The van der Waals surface area contributed by atoms with Gasteiger partial charge in [-0.25, -0.2) is 0 Å². The Hall–Kier alpha value is 2.36. The van der Waals surface area contributed by atoms with Crippen LogP contribution in [-0.2, 0) is 0 Å². The smallest absolute Gasteiger partial charge is 0.0757 e. The van der Waals surface area contributed by atoms with Gasteiger partial charge in [-0.05, 0) is 63.7 Å². The third-order valence-electron chi connectivity index (χ3n) is 0.714. The van der Waals surface area contributed by atoms with Gasteiger partial charge < -0.3 is 0 Å². The molecular weight excluding hydrogens is 539 g/mol. The quantitative estimate of drug-likeness (QED) is 0.309. The van der Waals surface area contributed by atoms with Crippen molar-refractivity contribution in [2.45, 2.75) is 0 Å². The van der Waals surface area contributed by atoms with Gasteiger partial charge in [0.05, 0.1) is 7.87 Å². The number of allylic oxidation sites excluding steroid dienone is 3. The molecule has 6 heteroatoms. The minimum Gasteiger partial charge on any atom is -0.0870 e. The minimum atomic E-state index is 0.774. The van der Waals surface area contributed by atoms with E-state index in [1.165, 1.54) is 0 Å². The second-order valence-corrected chi connectivity index (χ2v) is 7.18. The van der Waals surface area contributed by atoms with Crippen molar-refractivity contribution in [3.05, 3.63) is 16.8 Å². The third-order valence-corrected chi connectivity index (χ3v) is 7.29. The zero-order valence-electron chi connectivity index (χ0n) is 4.97. The fraction of sp³-hybridized carbons (Fsp3) is 0.200. The Balaban J connectivity index is 4.75. The summed E-state index contributed by atoms with van der Waals surface area (Å²) >= 11 is 20.1. The second kappa shape index (κ2) is 6.76. The fourth-order valence-corrected chi connectivity index (χ4v) is 2.89. The highest BCUT2D eigenvalue weighted by molar-refractivity contribution is 9.29. The van der Waals surface area contributed by atoms with Gasteiger partial charge in [0.25, 0.3) is 0 Å². The molecule has 0 bridgehead atoms. The molecule has 0 nitrogen and oxygen atoms in total. The normalized spacial score (nSPS) is 12.5. The molecule has 64 valence electrons. The molecule has 0 aromatic rings. The molecule has 0 aliphatic heterocycles. The Morgan fingerprint density at radius 2 is 1.27 bits per heavy atom. The van der Waals surface area contributed by atoms with Crippen LogP contribution in [-0.4, -0.2) is 5.33 Å². The van der Waals surface area contributed by atoms with Gasteiger partial charge in [0, 0.05) is 14.3 Å². The van der Waals surface area contributed by atoms with Gasteiger partial charge in [0.15, 0.2) is 0 Å². The summed E-state index contributed by atoms with van der Waals surface area (Å²) in [4.78, 5) is 0. The van der Waals surface area contributed by atoms with E-state index in [1.54, 1.807) is 0 Å². The Morgan fingerprint density at radius 1 is 0.818 bits per heavy atom. The molecule has 0 saturated carbocycles. The van der Waals surface area contributed by atoms with Gasteiger partial charge in [-0.15, -0.1) is 0 Å². The van der Waals surface area contributed by atoms with E-state index in [0.717, 1.165) is 22.2 Å². The molecule has 0 amide bonds. The maximum atomic E-state index is 3.41. The first-order valence-corrected chi connectivity index (χ1v) is 7.40. The minimum absolute atomic E-state index is 0.774. The van der Waals surface area contributed by atoms with E-state index in [-0.39, 0.29) is 0 Å². The van der Waals surface area contributed by atoms with Crippen LogP contribution in [0.25, 0.3) is 0 Å². The average molecular weight is 541 g/mol. The van der Waals surface area contributed by atoms with E-state index in [2.05, 4.69) is 95.6 Å². The van der Waals surface area contributed by atoms with Crippen LogP contribution in [0, 0.1) is 0 Å². The Bertz CT molecular complexity index is 199. The van der Waals surface area contributed by atoms with Crippen molar-refractivity contribution in [3.8, 4) is 0 Å². The lowest BCUT2D eigenvalue weighted by Crippen LogP contribution is -1.79. The Morgan fingerprint density at radius 3 is 1.55 bits per heavy atom. The van der Waals surface area contributed by atoms with Crippen molar-refractivity contribution in [3.63, 3.8) is 0 Å². The average Bonchev–Trinajstić information content (AvgIpc) is 2.00. The van der Waals surface area contributed by atoms with Crippen LogP contribution in [0.3, 0.4) is 0 Å². The fourth-order valence-electron chi connectivity index (χ4n) is 0.261. The first-order chi connectivity index (χ1) is 5.00.